The Labute approximate surface area is 144 Å². The Balaban J connectivity index is 1.65. The van der Waals surface area contributed by atoms with Crippen LogP contribution >= 0.6 is 0 Å². The first-order valence-corrected chi connectivity index (χ1v) is 9.24. The molecular weight excluding hydrogens is 302 g/mol. The van der Waals surface area contributed by atoms with Crippen LogP contribution in [0.25, 0.3) is 0 Å². The van der Waals surface area contributed by atoms with Gasteiger partial charge in [-0.25, -0.2) is 0 Å². The Kier molecular flexibility index (Phi) is 5.57. The van der Waals surface area contributed by atoms with Crippen LogP contribution in [0.2, 0.25) is 0 Å². The fourth-order valence-electron chi connectivity index (χ4n) is 4.55. The molecule has 24 heavy (non-hydrogen) atoms. The molecule has 2 saturated heterocycles. The number of aliphatic hydroxyl groups is 1. The molecule has 2 fully saturated rings. The molecule has 2 aliphatic heterocycles. The summed E-state index contributed by atoms with van der Waals surface area (Å²) >= 11 is 0. The average Bonchev–Trinajstić information content (AvgIpc) is 2.55. The number of ether oxygens (including phenoxy) is 1. The summed E-state index contributed by atoms with van der Waals surface area (Å²) in [5, 5.41) is 9.65. The molecule has 0 spiro atoms. The zero-order valence-corrected chi connectivity index (χ0v) is 14.7. The van der Waals surface area contributed by atoms with Crippen LogP contribution in [0.5, 0.6) is 0 Å². The summed E-state index contributed by atoms with van der Waals surface area (Å²) in [5.74, 6) is -0.862. The predicted octanol–water partition coefficient (Wildman–Crippen LogP) is 3.10. The molecule has 2 bridgehead atoms. The molecule has 0 saturated carbocycles. The Morgan fingerprint density at radius 1 is 1.21 bits per heavy atom. The van der Waals surface area contributed by atoms with Gasteiger partial charge in [-0.3, -0.25) is 9.69 Å². The van der Waals surface area contributed by atoms with E-state index in [1.54, 1.807) is 0 Å². The van der Waals surface area contributed by atoms with Gasteiger partial charge in [0, 0.05) is 31.0 Å². The molecule has 0 aliphatic carbocycles. The largest absolute Gasteiger partial charge is 0.462 e. The van der Waals surface area contributed by atoms with Crippen LogP contribution < -0.4 is 0 Å². The number of fused-ring (bicyclic) bond motifs is 2. The minimum atomic E-state index is -0.575. The number of carbonyl (C=O) groups excluding carboxylic acids is 1. The van der Waals surface area contributed by atoms with Crippen molar-refractivity contribution in [1.29, 1.82) is 0 Å². The van der Waals surface area contributed by atoms with Crippen LogP contribution in [0.4, 0.5) is 0 Å². The van der Waals surface area contributed by atoms with Gasteiger partial charge in [-0.1, -0.05) is 36.8 Å². The summed E-state index contributed by atoms with van der Waals surface area (Å²) in [5.41, 5.74) is 0.824. The van der Waals surface area contributed by atoms with Gasteiger partial charge in [0.1, 0.15) is 12.0 Å². The highest BCUT2D eigenvalue weighted by atomic mass is 16.5. The van der Waals surface area contributed by atoms with Crippen molar-refractivity contribution in [2.75, 3.05) is 6.61 Å². The molecule has 1 aromatic carbocycles. The van der Waals surface area contributed by atoms with Gasteiger partial charge in [-0.05, 0) is 32.3 Å². The molecular formula is C20H29NO3. The summed E-state index contributed by atoms with van der Waals surface area (Å²) < 4.78 is 5.84. The smallest absolute Gasteiger partial charge is 0.316 e. The highest BCUT2D eigenvalue weighted by molar-refractivity contribution is 5.78. The number of benzene rings is 1. The van der Waals surface area contributed by atoms with E-state index < -0.39 is 5.92 Å². The Morgan fingerprint density at radius 2 is 1.83 bits per heavy atom. The second kappa shape index (κ2) is 7.66. The Hall–Kier alpha value is -1.39. The van der Waals surface area contributed by atoms with Gasteiger partial charge < -0.3 is 9.84 Å². The number of rotatable bonds is 5. The third-order valence-electron chi connectivity index (χ3n) is 5.54. The Bertz CT molecular complexity index is 531. The van der Waals surface area contributed by atoms with Crippen LogP contribution in [0.1, 0.15) is 57.4 Å². The van der Waals surface area contributed by atoms with Gasteiger partial charge >= 0.3 is 5.97 Å². The first kappa shape index (κ1) is 17.4. The van der Waals surface area contributed by atoms with E-state index in [-0.39, 0.29) is 18.7 Å². The lowest BCUT2D eigenvalue weighted by Crippen LogP contribution is -2.56. The van der Waals surface area contributed by atoms with Crippen molar-refractivity contribution >= 4 is 5.97 Å². The fourth-order valence-corrected chi connectivity index (χ4v) is 4.55. The van der Waals surface area contributed by atoms with E-state index in [1.807, 2.05) is 30.3 Å². The zero-order valence-electron chi connectivity index (χ0n) is 14.7. The molecule has 0 aromatic heterocycles. The quantitative estimate of drug-likeness (QED) is 0.842. The molecule has 0 amide bonds. The normalized spacial score (nSPS) is 28.6. The van der Waals surface area contributed by atoms with E-state index in [9.17, 15) is 9.90 Å². The van der Waals surface area contributed by atoms with E-state index in [0.717, 1.165) is 18.4 Å². The SMILES string of the molecule is CC(C)N1[C@@H]2CCC[C@H]1CC(OC(=O)C(CO)c1ccccc1)C2. The summed E-state index contributed by atoms with van der Waals surface area (Å²) in [6, 6.07) is 11.0. The van der Waals surface area contributed by atoms with Crippen molar-refractivity contribution in [3.63, 3.8) is 0 Å². The van der Waals surface area contributed by atoms with Crippen molar-refractivity contribution in [3.8, 4) is 0 Å². The molecule has 2 aliphatic rings. The minimum Gasteiger partial charge on any atom is -0.462 e. The molecule has 1 aromatic rings. The minimum absolute atomic E-state index is 0.0134. The van der Waals surface area contributed by atoms with Crippen molar-refractivity contribution in [2.24, 2.45) is 0 Å². The third kappa shape index (κ3) is 3.65. The first-order chi connectivity index (χ1) is 11.6. The molecule has 4 atom stereocenters. The van der Waals surface area contributed by atoms with E-state index >= 15 is 0 Å². The van der Waals surface area contributed by atoms with Gasteiger partial charge in [0.05, 0.1) is 6.61 Å². The van der Waals surface area contributed by atoms with Crippen molar-refractivity contribution in [2.45, 2.75) is 76.1 Å². The van der Waals surface area contributed by atoms with Crippen LogP contribution in [0.15, 0.2) is 30.3 Å². The van der Waals surface area contributed by atoms with Crippen LogP contribution in [-0.4, -0.2) is 46.8 Å². The van der Waals surface area contributed by atoms with Crippen LogP contribution in [0, 0.1) is 0 Å². The fraction of sp³-hybridized carbons (Fsp3) is 0.650. The van der Waals surface area contributed by atoms with Gasteiger partial charge in [0.2, 0.25) is 0 Å². The monoisotopic (exact) mass is 331 g/mol. The summed E-state index contributed by atoms with van der Waals surface area (Å²) in [4.78, 5) is 15.2. The molecule has 3 rings (SSSR count). The number of hydrogen-bond donors (Lipinski definition) is 1. The molecule has 4 heteroatoms. The van der Waals surface area contributed by atoms with E-state index in [4.69, 9.17) is 4.74 Å². The predicted molar refractivity (Wildman–Crippen MR) is 93.8 cm³/mol. The lowest BCUT2D eigenvalue weighted by Gasteiger charge is -2.50. The number of carbonyl (C=O) groups is 1. The highest BCUT2D eigenvalue weighted by Crippen LogP contribution is 2.37. The van der Waals surface area contributed by atoms with Crippen molar-refractivity contribution < 1.29 is 14.6 Å². The van der Waals surface area contributed by atoms with E-state index in [0.29, 0.717) is 18.1 Å². The maximum atomic E-state index is 12.6. The molecule has 132 valence electrons. The first-order valence-electron chi connectivity index (χ1n) is 9.24. The average molecular weight is 331 g/mol. The van der Waals surface area contributed by atoms with Crippen molar-refractivity contribution in [1.82, 2.24) is 4.90 Å². The summed E-state index contributed by atoms with van der Waals surface area (Å²) in [6.45, 7) is 4.31. The number of aliphatic hydroxyl groups excluding tert-OH is 1. The van der Waals surface area contributed by atoms with Gasteiger partial charge in [-0.2, -0.15) is 0 Å². The second-order valence-electron chi connectivity index (χ2n) is 7.46. The topological polar surface area (TPSA) is 49.8 Å². The second-order valence-corrected chi connectivity index (χ2v) is 7.46. The van der Waals surface area contributed by atoms with Gasteiger partial charge in [0.15, 0.2) is 0 Å². The van der Waals surface area contributed by atoms with E-state index in [1.165, 1.54) is 19.3 Å². The standard InChI is InChI=1S/C20H29NO3/c1-14(2)21-16-9-6-10-17(21)12-18(11-16)24-20(23)19(13-22)15-7-4-3-5-8-15/h3-5,7-8,14,16-19,22H,6,9-13H2,1-2H3/t16-,17+,18?,19?. The molecule has 1 N–H and O–H groups in total. The van der Waals surface area contributed by atoms with Gasteiger partial charge in [0.25, 0.3) is 0 Å². The highest BCUT2D eigenvalue weighted by Gasteiger charge is 2.41. The maximum absolute atomic E-state index is 12.6. The number of hydrogen-bond acceptors (Lipinski definition) is 4. The van der Waals surface area contributed by atoms with Crippen LogP contribution in [-0.2, 0) is 9.53 Å². The number of nitrogens with zero attached hydrogens (tertiary/aromatic N) is 1. The molecule has 4 nitrogen and oxygen atoms in total. The van der Waals surface area contributed by atoms with Crippen molar-refractivity contribution in [3.05, 3.63) is 35.9 Å². The lowest BCUT2D eigenvalue weighted by atomic mass is 9.82. The van der Waals surface area contributed by atoms with E-state index in [2.05, 4.69) is 18.7 Å². The van der Waals surface area contributed by atoms with Gasteiger partial charge in [-0.15, -0.1) is 0 Å². The number of piperidine rings is 2. The third-order valence-corrected chi connectivity index (χ3v) is 5.54. The number of esters is 1. The summed E-state index contributed by atoms with van der Waals surface area (Å²) in [7, 11) is 0. The molecule has 2 heterocycles. The molecule has 0 radical (unpaired) electrons. The lowest BCUT2D eigenvalue weighted by molar-refractivity contribution is -0.158. The summed E-state index contributed by atoms with van der Waals surface area (Å²) in [6.07, 6.45) is 5.51. The maximum Gasteiger partial charge on any atom is 0.316 e. The zero-order chi connectivity index (χ0) is 17.1. The Morgan fingerprint density at radius 3 is 2.38 bits per heavy atom. The van der Waals surface area contributed by atoms with Crippen LogP contribution in [0.3, 0.4) is 0 Å². The molecule has 2 unspecified atom stereocenters.